The summed E-state index contributed by atoms with van der Waals surface area (Å²) in [5.74, 6) is 1.41. The third-order valence-corrected chi connectivity index (χ3v) is 2.92. The van der Waals surface area contributed by atoms with Crippen LogP contribution in [0.2, 0.25) is 0 Å². The molecule has 0 aliphatic heterocycles. The molecule has 2 rings (SSSR count). The molecule has 0 amide bonds. The second-order valence-corrected chi connectivity index (χ2v) is 4.78. The summed E-state index contributed by atoms with van der Waals surface area (Å²) in [6.45, 7) is 6.52. The fourth-order valence-electron chi connectivity index (χ4n) is 2.00. The molecule has 5 heteroatoms. The van der Waals surface area contributed by atoms with E-state index in [-0.39, 0.29) is 18.2 Å². The molecule has 0 saturated carbocycles. The largest absolute Gasteiger partial charge is 0.494 e. The van der Waals surface area contributed by atoms with Crippen molar-refractivity contribution in [2.24, 2.45) is 0 Å². The highest BCUT2D eigenvalue weighted by Crippen LogP contribution is 2.15. The van der Waals surface area contributed by atoms with Gasteiger partial charge in [-0.2, -0.15) is 5.10 Å². The van der Waals surface area contributed by atoms with Crippen LogP contribution >= 0.6 is 0 Å². The summed E-state index contributed by atoms with van der Waals surface area (Å²) in [5, 5.41) is 4.14. The van der Waals surface area contributed by atoms with E-state index >= 15 is 0 Å². The average Bonchev–Trinajstić information content (AvgIpc) is 2.88. The van der Waals surface area contributed by atoms with E-state index in [0.29, 0.717) is 23.7 Å². The fraction of sp³-hybridized carbons (Fsp3) is 0.400. The highest BCUT2D eigenvalue weighted by Gasteiger charge is 2.14. The second kappa shape index (κ2) is 6.32. The zero-order chi connectivity index (χ0) is 14.5. The number of ether oxygens (including phenoxy) is 1. The third kappa shape index (κ3) is 3.23. The molecule has 1 heterocycles. The van der Waals surface area contributed by atoms with Gasteiger partial charge in [0.15, 0.2) is 5.78 Å². The molecule has 20 heavy (non-hydrogen) atoms. The Balaban J connectivity index is 2.15. The van der Waals surface area contributed by atoms with Gasteiger partial charge in [-0.1, -0.05) is 12.1 Å². The number of aromatic nitrogens is 3. The number of carbonyl (C=O) groups excluding carboxylic acids is 1. The van der Waals surface area contributed by atoms with E-state index in [2.05, 4.69) is 10.1 Å². The van der Waals surface area contributed by atoms with Crippen LogP contribution in [-0.4, -0.2) is 27.2 Å². The lowest BCUT2D eigenvalue weighted by molar-refractivity contribution is 0.0988. The van der Waals surface area contributed by atoms with Crippen molar-refractivity contribution in [2.75, 3.05) is 6.61 Å². The van der Waals surface area contributed by atoms with Gasteiger partial charge in [-0.3, -0.25) is 4.79 Å². The summed E-state index contributed by atoms with van der Waals surface area (Å²) < 4.78 is 7.18. The first-order valence-electron chi connectivity index (χ1n) is 6.76. The summed E-state index contributed by atoms with van der Waals surface area (Å²) in [4.78, 5) is 16.5. The van der Waals surface area contributed by atoms with Crippen LogP contribution in [0.25, 0.3) is 0 Å². The predicted octanol–water partition coefficient (Wildman–Crippen LogP) is 2.68. The Morgan fingerprint density at radius 2 is 2.20 bits per heavy atom. The van der Waals surface area contributed by atoms with Crippen LogP contribution in [0.3, 0.4) is 0 Å². The normalized spacial score (nSPS) is 10.8. The Bertz CT molecular complexity index is 590. The van der Waals surface area contributed by atoms with Gasteiger partial charge in [0, 0.05) is 11.6 Å². The molecule has 0 atom stereocenters. The van der Waals surface area contributed by atoms with Gasteiger partial charge >= 0.3 is 0 Å². The monoisotopic (exact) mass is 273 g/mol. The fourth-order valence-corrected chi connectivity index (χ4v) is 2.00. The molecule has 0 bridgehead atoms. The lowest BCUT2D eigenvalue weighted by atomic mass is 10.1. The number of ketones is 1. The Labute approximate surface area is 118 Å². The smallest absolute Gasteiger partial charge is 0.170 e. The summed E-state index contributed by atoms with van der Waals surface area (Å²) in [6.07, 6.45) is 1.73. The number of carbonyl (C=O) groups is 1. The van der Waals surface area contributed by atoms with Crippen LogP contribution in [0.4, 0.5) is 0 Å². The number of rotatable bonds is 6. The molecular weight excluding hydrogens is 254 g/mol. The molecule has 0 radical (unpaired) electrons. The number of benzene rings is 1. The number of hydrogen-bond acceptors (Lipinski definition) is 4. The van der Waals surface area contributed by atoms with Crippen molar-refractivity contribution in [3.8, 4) is 5.75 Å². The summed E-state index contributed by atoms with van der Waals surface area (Å²) in [6, 6.07) is 7.42. The highest BCUT2D eigenvalue weighted by molar-refractivity contribution is 5.97. The van der Waals surface area contributed by atoms with Crippen molar-refractivity contribution in [3.05, 3.63) is 42.0 Å². The van der Waals surface area contributed by atoms with Gasteiger partial charge in [-0.05, 0) is 32.9 Å². The van der Waals surface area contributed by atoms with Crippen LogP contribution in [-0.2, 0) is 6.42 Å². The van der Waals surface area contributed by atoms with Gasteiger partial charge in [-0.15, -0.1) is 0 Å². The maximum atomic E-state index is 12.3. The van der Waals surface area contributed by atoms with E-state index in [1.807, 2.05) is 32.9 Å². The van der Waals surface area contributed by atoms with Crippen LogP contribution in [0.5, 0.6) is 5.75 Å². The molecule has 0 fully saturated rings. The van der Waals surface area contributed by atoms with Crippen molar-refractivity contribution >= 4 is 5.78 Å². The van der Waals surface area contributed by atoms with Crippen LogP contribution in [0, 0.1) is 0 Å². The van der Waals surface area contributed by atoms with Crippen molar-refractivity contribution in [1.29, 1.82) is 0 Å². The van der Waals surface area contributed by atoms with Gasteiger partial charge in [0.05, 0.1) is 13.0 Å². The van der Waals surface area contributed by atoms with Crippen LogP contribution < -0.4 is 4.74 Å². The zero-order valence-corrected chi connectivity index (χ0v) is 12.0. The first kappa shape index (κ1) is 14.2. The first-order chi connectivity index (χ1) is 9.61. The van der Waals surface area contributed by atoms with Crippen molar-refractivity contribution in [3.63, 3.8) is 0 Å². The van der Waals surface area contributed by atoms with E-state index in [1.165, 1.54) is 6.33 Å². The van der Waals surface area contributed by atoms with Crippen LogP contribution in [0.1, 0.15) is 43.0 Å². The zero-order valence-electron chi connectivity index (χ0n) is 12.0. The van der Waals surface area contributed by atoms with E-state index < -0.39 is 0 Å². The maximum absolute atomic E-state index is 12.3. The van der Waals surface area contributed by atoms with E-state index in [1.54, 1.807) is 16.8 Å². The van der Waals surface area contributed by atoms with Crippen molar-refractivity contribution in [2.45, 2.75) is 33.2 Å². The molecule has 5 nitrogen and oxygen atoms in total. The minimum Gasteiger partial charge on any atom is -0.494 e. The molecule has 106 valence electrons. The van der Waals surface area contributed by atoms with E-state index in [0.717, 1.165) is 0 Å². The molecule has 0 unspecified atom stereocenters. The van der Waals surface area contributed by atoms with Gasteiger partial charge in [0.1, 0.15) is 17.9 Å². The summed E-state index contributed by atoms with van der Waals surface area (Å²) >= 11 is 0. The molecular formula is C15H19N3O2. The van der Waals surface area contributed by atoms with Gasteiger partial charge in [0.25, 0.3) is 0 Å². The van der Waals surface area contributed by atoms with Crippen molar-refractivity contribution < 1.29 is 9.53 Å². The molecule has 0 aliphatic carbocycles. The van der Waals surface area contributed by atoms with E-state index in [9.17, 15) is 4.79 Å². The molecule has 1 aromatic carbocycles. The predicted molar refractivity (Wildman–Crippen MR) is 76.1 cm³/mol. The number of nitrogens with zero attached hydrogens (tertiary/aromatic N) is 3. The lowest BCUT2D eigenvalue weighted by Crippen LogP contribution is -2.13. The summed E-state index contributed by atoms with van der Waals surface area (Å²) in [5.41, 5.74) is 0.634. The highest BCUT2D eigenvalue weighted by atomic mass is 16.5. The lowest BCUT2D eigenvalue weighted by Gasteiger charge is -2.09. The minimum absolute atomic E-state index is 0.0152. The quantitative estimate of drug-likeness (QED) is 0.759. The van der Waals surface area contributed by atoms with E-state index in [4.69, 9.17) is 4.74 Å². The third-order valence-electron chi connectivity index (χ3n) is 2.92. The van der Waals surface area contributed by atoms with Gasteiger partial charge in [-0.25, -0.2) is 9.67 Å². The second-order valence-electron chi connectivity index (χ2n) is 4.78. The number of Topliss-reactive ketones (excluding diaryl/α,β-unsaturated/α-hetero) is 1. The standard InChI is InChI=1S/C15H19N3O2/c1-4-20-13-7-5-6-12(8-13)14(19)9-15-16-10-17-18(15)11(2)3/h5-8,10-11H,4,9H2,1-3H3. The molecule has 0 N–H and O–H groups in total. The Hall–Kier alpha value is -2.17. The topological polar surface area (TPSA) is 57.0 Å². The van der Waals surface area contributed by atoms with Gasteiger partial charge < -0.3 is 4.74 Å². The molecule has 0 spiro atoms. The molecule has 2 aromatic rings. The molecule has 1 aromatic heterocycles. The summed E-state index contributed by atoms with van der Waals surface area (Å²) in [7, 11) is 0. The Morgan fingerprint density at radius 3 is 2.90 bits per heavy atom. The van der Waals surface area contributed by atoms with Crippen LogP contribution in [0.15, 0.2) is 30.6 Å². The minimum atomic E-state index is 0.0152. The van der Waals surface area contributed by atoms with Gasteiger partial charge in [0.2, 0.25) is 0 Å². The molecule has 0 aliphatic rings. The average molecular weight is 273 g/mol. The van der Waals surface area contributed by atoms with Crippen molar-refractivity contribution in [1.82, 2.24) is 14.8 Å². The Morgan fingerprint density at radius 1 is 1.40 bits per heavy atom. The Kier molecular flexibility index (Phi) is 4.50. The first-order valence-corrected chi connectivity index (χ1v) is 6.76. The molecule has 0 saturated heterocycles. The number of hydrogen-bond donors (Lipinski definition) is 0. The SMILES string of the molecule is CCOc1cccc(C(=O)Cc2ncnn2C(C)C)c1. The maximum Gasteiger partial charge on any atom is 0.170 e.